The van der Waals surface area contributed by atoms with Crippen molar-refractivity contribution in [1.29, 1.82) is 0 Å². The molecule has 1 N–H and O–H groups in total. The van der Waals surface area contributed by atoms with Crippen LogP contribution in [0.1, 0.15) is 41.5 Å². The Bertz CT molecular complexity index is 634. The standard InChI is InChI=1S/C16H21N3O2/c1-5-19-10-15(12(3)18-19)11(2)17-16(20)13-7-6-8-14(9-13)21-4/h6-11H,5H2,1-4H3,(H,17,20). The van der Waals surface area contributed by atoms with Crippen LogP contribution >= 0.6 is 0 Å². The first-order chi connectivity index (χ1) is 10.0. The van der Waals surface area contributed by atoms with Gasteiger partial charge in [0.25, 0.3) is 5.91 Å². The topological polar surface area (TPSA) is 56.2 Å². The Morgan fingerprint density at radius 3 is 2.86 bits per heavy atom. The van der Waals surface area contributed by atoms with Crippen LogP contribution in [-0.4, -0.2) is 22.8 Å². The molecule has 2 aromatic rings. The van der Waals surface area contributed by atoms with Gasteiger partial charge in [0.15, 0.2) is 0 Å². The highest BCUT2D eigenvalue weighted by atomic mass is 16.5. The normalized spacial score (nSPS) is 12.0. The fraction of sp³-hybridized carbons (Fsp3) is 0.375. The molecule has 0 saturated heterocycles. The number of amides is 1. The number of nitrogens with one attached hydrogen (secondary N) is 1. The first-order valence-corrected chi connectivity index (χ1v) is 7.04. The summed E-state index contributed by atoms with van der Waals surface area (Å²) in [6.07, 6.45) is 1.98. The predicted molar refractivity (Wildman–Crippen MR) is 81.5 cm³/mol. The van der Waals surface area contributed by atoms with Crippen LogP contribution in [0.3, 0.4) is 0 Å². The average Bonchev–Trinajstić information content (AvgIpc) is 2.88. The maximum atomic E-state index is 12.3. The zero-order valence-electron chi connectivity index (χ0n) is 12.9. The minimum Gasteiger partial charge on any atom is -0.497 e. The van der Waals surface area contributed by atoms with Crippen molar-refractivity contribution >= 4 is 5.91 Å². The van der Waals surface area contributed by atoms with E-state index >= 15 is 0 Å². The molecule has 2 rings (SSSR count). The minimum atomic E-state index is -0.120. The second kappa shape index (κ2) is 6.43. The van der Waals surface area contributed by atoms with Crippen molar-refractivity contribution < 1.29 is 9.53 Å². The second-order valence-corrected chi connectivity index (χ2v) is 4.95. The van der Waals surface area contributed by atoms with Crippen LogP contribution in [0.4, 0.5) is 0 Å². The van der Waals surface area contributed by atoms with Gasteiger partial charge in [-0.25, -0.2) is 0 Å². The van der Waals surface area contributed by atoms with Crippen molar-refractivity contribution in [1.82, 2.24) is 15.1 Å². The van der Waals surface area contributed by atoms with Gasteiger partial charge in [0.1, 0.15) is 5.75 Å². The van der Waals surface area contributed by atoms with Crippen molar-refractivity contribution in [2.24, 2.45) is 0 Å². The highest BCUT2D eigenvalue weighted by Crippen LogP contribution is 2.18. The van der Waals surface area contributed by atoms with Gasteiger partial charge in [-0.05, 0) is 39.0 Å². The number of ether oxygens (including phenoxy) is 1. The summed E-state index contributed by atoms with van der Waals surface area (Å²) in [6.45, 7) is 6.77. The molecule has 0 bridgehead atoms. The summed E-state index contributed by atoms with van der Waals surface area (Å²) < 4.78 is 7.01. The molecular formula is C16H21N3O2. The largest absolute Gasteiger partial charge is 0.497 e. The highest BCUT2D eigenvalue weighted by molar-refractivity contribution is 5.94. The monoisotopic (exact) mass is 287 g/mol. The predicted octanol–water partition coefficient (Wildman–Crippen LogP) is 2.71. The third-order valence-corrected chi connectivity index (χ3v) is 3.45. The Balaban J connectivity index is 2.12. The molecule has 1 heterocycles. The van der Waals surface area contributed by atoms with E-state index in [0.717, 1.165) is 17.8 Å². The number of carbonyl (C=O) groups excluding carboxylic acids is 1. The van der Waals surface area contributed by atoms with Crippen molar-refractivity contribution in [3.63, 3.8) is 0 Å². The van der Waals surface area contributed by atoms with E-state index in [0.29, 0.717) is 11.3 Å². The van der Waals surface area contributed by atoms with Gasteiger partial charge in [-0.2, -0.15) is 5.10 Å². The molecule has 1 aromatic heterocycles. The summed E-state index contributed by atoms with van der Waals surface area (Å²) in [5.74, 6) is 0.551. The van der Waals surface area contributed by atoms with Gasteiger partial charge in [0.2, 0.25) is 0 Å². The Labute approximate surface area is 124 Å². The second-order valence-electron chi connectivity index (χ2n) is 4.95. The third-order valence-electron chi connectivity index (χ3n) is 3.45. The Morgan fingerprint density at radius 1 is 1.48 bits per heavy atom. The Kier molecular flexibility index (Phi) is 4.62. The van der Waals surface area contributed by atoms with Crippen molar-refractivity contribution in [3.8, 4) is 5.75 Å². The molecule has 21 heavy (non-hydrogen) atoms. The van der Waals surface area contributed by atoms with Gasteiger partial charge >= 0.3 is 0 Å². The minimum absolute atomic E-state index is 0.0935. The van der Waals surface area contributed by atoms with E-state index in [1.165, 1.54) is 0 Å². The van der Waals surface area contributed by atoms with E-state index < -0.39 is 0 Å². The lowest BCUT2D eigenvalue weighted by Gasteiger charge is -2.13. The van der Waals surface area contributed by atoms with E-state index in [2.05, 4.69) is 10.4 Å². The molecule has 1 unspecified atom stereocenters. The lowest BCUT2D eigenvalue weighted by Crippen LogP contribution is -2.26. The van der Waals surface area contributed by atoms with Crippen molar-refractivity contribution in [2.75, 3.05) is 7.11 Å². The van der Waals surface area contributed by atoms with Crippen LogP contribution in [0.25, 0.3) is 0 Å². The molecule has 0 aliphatic rings. The summed E-state index contributed by atoms with van der Waals surface area (Å²) in [7, 11) is 1.59. The summed E-state index contributed by atoms with van der Waals surface area (Å²) in [6, 6.07) is 7.02. The maximum absolute atomic E-state index is 12.3. The van der Waals surface area contributed by atoms with Gasteiger partial charge < -0.3 is 10.1 Å². The Hall–Kier alpha value is -2.30. The maximum Gasteiger partial charge on any atom is 0.251 e. The van der Waals surface area contributed by atoms with Gasteiger partial charge in [-0.1, -0.05) is 6.07 Å². The fourth-order valence-electron chi connectivity index (χ4n) is 2.24. The number of carbonyl (C=O) groups is 1. The summed E-state index contributed by atoms with van der Waals surface area (Å²) in [5.41, 5.74) is 2.56. The molecule has 5 heteroatoms. The summed E-state index contributed by atoms with van der Waals surface area (Å²) in [5, 5.41) is 7.40. The zero-order chi connectivity index (χ0) is 15.4. The number of aryl methyl sites for hydroxylation is 2. The molecule has 0 aliphatic carbocycles. The first-order valence-electron chi connectivity index (χ1n) is 7.04. The summed E-state index contributed by atoms with van der Waals surface area (Å²) >= 11 is 0. The molecule has 0 spiro atoms. The van der Waals surface area contributed by atoms with Crippen LogP contribution < -0.4 is 10.1 Å². The number of aromatic nitrogens is 2. The number of hydrogen-bond donors (Lipinski definition) is 1. The smallest absolute Gasteiger partial charge is 0.251 e. The van der Waals surface area contributed by atoms with Crippen LogP contribution in [0.15, 0.2) is 30.5 Å². The van der Waals surface area contributed by atoms with E-state index in [9.17, 15) is 4.79 Å². The molecule has 112 valence electrons. The fourth-order valence-corrected chi connectivity index (χ4v) is 2.24. The molecule has 1 atom stereocenters. The summed E-state index contributed by atoms with van der Waals surface area (Å²) in [4.78, 5) is 12.3. The highest BCUT2D eigenvalue weighted by Gasteiger charge is 2.16. The van der Waals surface area contributed by atoms with Crippen LogP contribution in [0, 0.1) is 6.92 Å². The van der Waals surface area contributed by atoms with Gasteiger partial charge in [-0.15, -0.1) is 0 Å². The number of benzene rings is 1. The van der Waals surface area contributed by atoms with E-state index in [-0.39, 0.29) is 11.9 Å². The van der Waals surface area contributed by atoms with Gasteiger partial charge in [-0.3, -0.25) is 9.48 Å². The van der Waals surface area contributed by atoms with Gasteiger partial charge in [0, 0.05) is 23.9 Å². The van der Waals surface area contributed by atoms with E-state index in [1.54, 1.807) is 25.3 Å². The number of nitrogens with zero attached hydrogens (tertiary/aromatic N) is 2. The lowest BCUT2D eigenvalue weighted by molar-refractivity contribution is 0.0939. The van der Waals surface area contributed by atoms with Crippen LogP contribution in [-0.2, 0) is 6.54 Å². The molecule has 0 fully saturated rings. The zero-order valence-corrected chi connectivity index (χ0v) is 12.9. The molecular weight excluding hydrogens is 266 g/mol. The molecule has 5 nitrogen and oxygen atoms in total. The molecule has 0 radical (unpaired) electrons. The van der Waals surface area contributed by atoms with Crippen molar-refractivity contribution in [3.05, 3.63) is 47.3 Å². The Morgan fingerprint density at radius 2 is 2.24 bits per heavy atom. The SMILES string of the molecule is CCn1cc(C(C)NC(=O)c2cccc(OC)c2)c(C)n1. The number of methoxy groups -OCH3 is 1. The lowest BCUT2D eigenvalue weighted by atomic mass is 10.1. The van der Waals surface area contributed by atoms with E-state index in [4.69, 9.17) is 4.74 Å². The quantitative estimate of drug-likeness (QED) is 0.920. The number of hydrogen-bond acceptors (Lipinski definition) is 3. The molecule has 0 saturated carbocycles. The molecule has 1 amide bonds. The molecule has 0 aliphatic heterocycles. The average molecular weight is 287 g/mol. The van der Waals surface area contributed by atoms with E-state index in [1.807, 2.05) is 37.7 Å². The van der Waals surface area contributed by atoms with Crippen LogP contribution in [0.2, 0.25) is 0 Å². The van der Waals surface area contributed by atoms with Crippen molar-refractivity contribution in [2.45, 2.75) is 33.4 Å². The van der Waals surface area contributed by atoms with Crippen LogP contribution in [0.5, 0.6) is 5.75 Å². The molecule has 1 aromatic carbocycles. The number of rotatable bonds is 5. The third kappa shape index (κ3) is 3.42. The van der Waals surface area contributed by atoms with Gasteiger partial charge in [0.05, 0.1) is 18.8 Å². The first kappa shape index (κ1) is 15.1.